The molecule has 0 aliphatic heterocycles. The second-order valence-electron chi connectivity index (χ2n) is 5.96. The molecule has 1 N–H and O–H groups in total. The predicted octanol–water partition coefficient (Wildman–Crippen LogP) is 4.83. The highest BCUT2D eigenvalue weighted by Gasteiger charge is 2.24. The Morgan fingerprint density at radius 1 is 1.21 bits per heavy atom. The first-order valence-electron chi connectivity index (χ1n) is 7.69. The van der Waals surface area contributed by atoms with Crippen LogP contribution in [-0.4, -0.2) is 12.1 Å². The summed E-state index contributed by atoms with van der Waals surface area (Å²) in [7, 11) is 0. The van der Waals surface area contributed by atoms with Crippen molar-refractivity contribution in [3.05, 3.63) is 34.9 Å². The molecule has 1 nitrogen and oxygen atoms in total. The van der Waals surface area contributed by atoms with Gasteiger partial charge in [-0.3, -0.25) is 0 Å². The van der Waals surface area contributed by atoms with E-state index < -0.39 is 0 Å². The Morgan fingerprint density at radius 2 is 1.89 bits per heavy atom. The van der Waals surface area contributed by atoms with Gasteiger partial charge >= 0.3 is 0 Å². The smallest absolute Gasteiger partial charge is 0.0406 e. The lowest BCUT2D eigenvalue weighted by Crippen LogP contribution is -2.43. The van der Waals surface area contributed by atoms with Crippen LogP contribution in [-0.2, 0) is 6.42 Å². The van der Waals surface area contributed by atoms with Gasteiger partial charge in [-0.25, -0.2) is 0 Å². The van der Waals surface area contributed by atoms with Gasteiger partial charge in [-0.15, -0.1) is 0 Å². The van der Waals surface area contributed by atoms with E-state index in [-0.39, 0.29) is 0 Å². The summed E-state index contributed by atoms with van der Waals surface area (Å²) in [6, 6.07) is 9.51. The average Bonchev–Trinajstić information content (AvgIpc) is 2.42. The van der Waals surface area contributed by atoms with Gasteiger partial charge in [-0.2, -0.15) is 0 Å². The van der Waals surface area contributed by atoms with E-state index in [0.717, 1.165) is 23.4 Å². The number of nitrogens with one attached hydrogen (secondary N) is 1. The Bertz CT molecular complexity index is 373. The van der Waals surface area contributed by atoms with E-state index in [1.807, 2.05) is 12.1 Å². The van der Waals surface area contributed by atoms with Crippen LogP contribution in [0.4, 0.5) is 0 Å². The number of benzene rings is 1. The lowest BCUT2D eigenvalue weighted by molar-refractivity contribution is 0.239. The molecule has 1 aliphatic carbocycles. The Hall–Kier alpha value is -0.530. The zero-order valence-corrected chi connectivity index (χ0v) is 12.9. The van der Waals surface area contributed by atoms with Crippen LogP contribution in [0.15, 0.2) is 24.3 Å². The van der Waals surface area contributed by atoms with E-state index in [2.05, 4.69) is 31.3 Å². The third-order valence-electron chi connectivity index (χ3n) is 4.39. The van der Waals surface area contributed by atoms with Crippen LogP contribution < -0.4 is 5.32 Å². The van der Waals surface area contributed by atoms with Gasteiger partial charge in [0.25, 0.3) is 0 Å². The third kappa shape index (κ3) is 4.50. The van der Waals surface area contributed by atoms with Crippen molar-refractivity contribution in [2.75, 3.05) is 0 Å². The molecular weight excluding hydrogens is 254 g/mol. The van der Waals surface area contributed by atoms with Gasteiger partial charge in [-0.1, -0.05) is 49.9 Å². The van der Waals surface area contributed by atoms with E-state index in [4.69, 9.17) is 11.6 Å². The second kappa shape index (κ2) is 7.31. The summed E-state index contributed by atoms with van der Waals surface area (Å²) in [6.45, 7) is 4.63. The molecule has 1 aliphatic rings. The highest BCUT2D eigenvalue weighted by Crippen LogP contribution is 2.27. The fourth-order valence-corrected chi connectivity index (χ4v) is 3.44. The van der Waals surface area contributed by atoms with Crippen molar-refractivity contribution in [2.24, 2.45) is 5.92 Å². The lowest BCUT2D eigenvalue weighted by Gasteiger charge is -2.34. The summed E-state index contributed by atoms with van der Waals surface area (Å²) < 4.78 is 0. The molecule has 0 amide bonds. The van der Waals surface area contributed by atoms with Crippen molar-refractivity contribution in [1.82, 2.24) is 5.32 Å². The molecule has 0 saturated heterocycles. The van der Waals surface area contributed by atoms with Crippen LogP contribution in [0.3, 0.4) is 0 Å². The van der Waals surface area contributed by atoms with Gasteiger partial charge in [0.1, 0.15) is 0 Å². The van der Waals surface area contributed by atoms with Crippen LogP contribution in [0.1, 0.15) is 51.5 Å². The Kier molecular flexibility index (Phi) is 5.72. The molecule has 2 rings (SSSR count). The third-order valence-corrected chi connectivity index (χ3v) is 4.64. The number of halogens is 1. The van der Waals surface area contributed by atoms with Crippen molar-refractivity contribution in [1.29, 1.82) is 0 Å². The normalized spacial score (nSPS) is 25.2. The summed E-state index contributed by atoms with van der Waals surface area (Å²) >= 11 is 5.93. The minimum absolute atomic E-state index is 0.540. The maximum absolute atomic E-state index is 5.93. The first-order valence-corrected chi connectivity index (χ1v) is 8.07. The number of hydrogen-bond donors (Lipinski definition) is 1. The van der Waals surface area contributed by atoms with E-state index in [1.54, 1.807) is 0 Å². The molecule has 2 heteroatoms. The topological polar surface area (TPSA) is 12.0 Å². The summed E-state index contributed by atoms with van der Waals surface area (Å²) in [6.07, 6.45) is 7.96. The molecular formula is C17H26ClN. The molecule has 0 spiro atoms. The molecule has 106 valence electrons. The first-order chi connectivity index (χ1) is 9.19. The average molecular weight is 280 g/mol. The second-order valence-corrected chi connectivity index (χ2v) is 6.39. The van der Waals surface area contributed by atoms with Gasteiger partial charge in [0.2, 0.25) is 0 Å². The van der Waals surface area contributed by atoms with Crippen LogP contribution in [0.5, 0.6) is 0 Å². The van der Waals surface area contributed by atoms with Gasteiger partial charge in [-0.05, 0) is 49.8 Å². The van der Waals surface area contributed by atoms with E-state index in [9.17, 15) is 0 Å². The molecule has 3 atom stereocenters. The Morgan fingerprint density at radius 3 is 2.58 bits per heavy atom. The van der Waals surface area contributed by atoms with Crippen molar-refractivity contribution in [3.8, 4) is 0 Å². The Labute approximate surface area is 122 Å². The van der Waals surface area contributed by atoms with Gasteiger partial charge in [0.05, 0.1) is 0 Å². The van der Waals surface area contributed by atoms with Crippen LogP contribution >= 0.6 is 11.6 Å². The van der Waals surface area contributed by atoms with Crippen molar-refractivity contribution in [3.63, 3.8) is 0 Å². The Balaban J connectivity index is 1.86. The number of rotatable bonds is 5. The standard InChI is InChI=1S/C17H26ClN/c1-3-15-6-4-5-7-17(15)19-13(2)12-14-8-10-16(18)11-9-14/h8-11,13,15,17,19H,3-7,12H2,1-2H3. The number of hydrogen-bond acceptors (Lipinski definition) is 1. The molecule has 19 heavy (non-hydrogen) atoms. The molecule has 1 aromatic carbocycles. The monoisotopic (exact) mass is 279 g/mol. The highest BCUT2D eigenvalue weighted by molar-refractivity contribution is 6.30. The molecule has 3 unspecified atom stereocenters. The molecule has 0 heterocycles. The highest BCUT2D eigenvalue weighted by atomic mass is 35.5. The van der Waals surface area contributed by atoms with Gasteiger partial charge in [0, 0.05) is 17.1 Å². The molecule has 0 radical (unpaired) electrons. The van der Waals surface area contributed by atoms with Crippen molar-refractivity contribution < 1.29 is 0 Å². The summed E-state index contributed by atoms with van der Waals surface area (Å²) in [5.74, 6) is 0.876. The van der Waals surface area contributed by atoms with Crippen molar-refractivity contribution >= 4 is 11.6 Å². The maximum atomic E-state index is 5.93. The maximum Gasteiger partial charge on any atom is 0.0406 e. The van der Waals surface area contributed by atoms with E-state index in [1.165, 1.54) is 37.7 Å². The largest absolute Gasteiger partial charge is 0.311 e. The minimum atomic E-state index is 0.540. The van der Waals surface area contributed by atoms with E-state index in [0.29, 0.717) is 6.04 Å². The van der Waals surface area contributed by atoms with Gasteiger partial charge in [0.15, 0.2) is 0 Å². The minimum Gasteiger partial charge on any atom is -0.311 e. The molecule has 0 aromatic heterocycles. The quantitative estimate of drug-likeness (QED) is 0.814. The molecule has 1 aromatic rings. The van der Waals surface area contributed by atoms with Crippen LogP contribution in [0.2, 0.25) is 5.02 Å². The van der Waals surface area contributed by atoms with Gasteiger partial charge < -0.3 is 5.32 Å². The fraction of sp³-hybridized carbons (Fsp3) is 0.647. The van der Waals surface area contributed by atoms with E-state index >= 15 is 0 Å². The fourth-order valence-electron chi connectivity index (χ4n) is 3.31. The first kappa shape index (κ1) is 14.9. The SMILES string of the molecule is CCC1CCCCC1NC(C)Cc1ccc(Cl)cc1. The van der Waals surface area contributed by atoms with Crippen molar-refractivity contribution in [2.45, 2.75) is 64.5 Å². The zero-order chi connectivity index (χ0) is 13.7. The summed E-state index contributed by atoms with van der Waals surface area (Å²) in [5, 5.41) is 4.67. The molecule has 0 bridgehead atoms. The summed E-state index contributed by atoms with van der Waals surface area (Å²) in [4.78, 5) is 0. The predicted molar refractivity (Wildman–Crippen MR) is 83.8 cm³/mol. The summed E-state index contributed by atoms with van der Waals surface area (Å²) in [5.41, 5.74) is 1.37. The van der Waals surface area contributed by atoms with Crippen LogP contribution in [0, 0.1) is 5.92 Å². The van der Waals surface area contributed by atoms with Crippen LogP contribution in [0.25, 0.3) is 0 Å². The zero-order valence-electron chi connectivity index (χ0n) is 12.2. The lowest BCUT2D eigenvalue weighted by atomic mass is 9.82. The molecule has 1 saturated carbocycles. The molecule has 1 fully saturated rings.